The molecule has 26 heavy (non-hydrogen) atoms. The number of methoxy groups -OCH3 is 2. The molecule has 0 saturated carbocycles. The summed E-state index contributed by atoms with van der Waals surface area (Å²) in [5.74, 6) is -0.555. The summed E-state index contributed by atoms with van der Waals surface area (Å²) < 4.78 is 10.1. The summed E-state index contributed by atoms with van der Waals surface area (Å²) in [5.41, 5.74) is 0.530. The molecule has 1 amide bonds. The molecule has 0 saturated heterocycles. The van der Waals surface area contributed by atoms with Crippen LogP contribution in [0.5, 0.6) is 17.2 Å². The van der Waals surface area contributed by atoms with E-state index in [1.165, 1.54) is 32.4 Å². The molecule has 2 rings (SSSR count). The average molecular weight is 393 g/mol. The van der Waals surface area contributed by atoms with E-state index in [1.54, 1.807) is 18.2 Å². The number of nitrogens with one attached hydrogen (secondary N) is 1. The minimum absolute atomic E-state index is 0.145. The number of rotatable bonds is 5. The first-order valence-electron chi connectivity index (χ1n) is 7.23. The van der Waals surface area contributed by atoms with Crippen LogP contribution in [0.3, 0.4) is 0 Å². The number of phenols is 1. The number of hydrogen-bond acceptors (Lipinski definition) is 5. The number of nitrogens with zero attached hydrogens (tertiary/aromatic N) is 1. The first-order valence-corrected chi connectivity index (χ1v) is 7.99. The number of carbonyl (C=O) groups excluding carboxylic acids is 1. The summed E-state index contributed by atoms with van der Waals surface area (Å²) in [6.45, 7) is 0. The zero-order valence-electron chi connectivity index (χ0n) is 13.8. The van der Waals surface area contributed by atoms with Gasteiger partial charge in [-0.1, -0.05) is 29.3 Å². The third kappa shape index (κ3) is 4.20. The quantitative estimate of drug-likeness (QED) is 0.585. The number of phenolic OH excluding ortho intramolecular Hbond substituents is 1. The second-order valence-electron chi connectivity index (χ2n) is 5.00. The van der Waals surface area contributed by atoms with Crippen molar-refractivity contribution in [2.75, 3.05) is 19.5 Å². The van der Waals surface area contributed by atoms with Gasteiger partial charge in [0.2, 0.25) is 5.75 Å². The van der Waals surface area contributed by atoms with Crippen molar-refractivity contribution in [3.8, 4) is 23.3 Å². The smallest absolute Gasteiger partial charge is 0.266 e. The lowest BCUT2D eigenvalue weighted by molar-refractivity contribution is -0.112. The van der Waals surface area contributed by atoms with Gasteiger partial charge in [0.25, 0.3) is 5.91 Å². The molecular formula is C18H14Cl2N2O4. The molecule has 2 aromatic rings. The number of carbonyl (C=O) groups is 1. The first-order chi connectivity index (χ1) is 12.4. The Morgan fingerprint density at radius 2 is 1.85 bits per heavy atom. The Hall–Kier alpha value is -2.88. The van der Waals surface area contributed by atoms with Crippen LogP contribution < -0.4 is 14.8 Å². The van der Waals surface area contributed by atoms with Crippen LogP contribution in [-0.2, 0) is 4.79 Å². The number of aromatic hydroxyl groups is 1. The van der Waals surface area contributed by atoms with Crippen LogP contribution in [0.25, 0.3) is 6.08 Å². The SMILES string of the molecule is COc1cc(/C=C(/C#N)C(=O)Nc2cccc(Cl)c2Cl)cc(OC)c1O. The Morgan fingerprint density at radius 3 is 2.38 bits per heavy atom. The van der Waals surface area contributed by atoms with E-state index in [4.69, 9.17) is 32.7 Å². The highest BCUT2D eigenvalue weighted by atomic mass is 35.5. The van der Waals surface area contributed by atoms with Gasteiger partial charge in [-0.25, -0.2) is 0 Å². The van der Waals surface area contributed by atoms with E-state index in [9.17, 15) is 15.2 Å². The fourth-order valence-electron chi connectivity index (χ4n) is 2.10. The van der Waals surface area contributed by atoms with Crippen molar-refractivity contribution in [3.63, 3.8) is 0 Å². The average Bonchev–Trinajstić information content (AvgIpc) is 2.64. The molecular weight excluding hydrogens is 379 g/mol. The van der Waals surface area contributed by atoms with Crippen LogP contribution in [-0.4, -0.2) is 25.2 Å². The zero-order valence-corrected chi connectivity index (χ0v) is 15.4. The minimum atomic E-state index is -0.664. The Bertz CT molecular complexity index is 895. The van der Waals surface area contributed by atoms with Gasteiger partial charge in [0, 0.05) is 0 Å². The number of anilines is 1. The number of halogens is 2. The molecule has 0 spiro atoms. The summed E-state index contributed by atoms with van der Waals surface area (Å²) in [6.07, 6.45) is 1.33. The van der Waals surface area contributed by atoms with Crippen molar-refractivity contribution in [3.05, 3.63) is 51.5 Å². The van der Waals surface area contributed by atoms with Crippen molar-refractivity contribution in [1.82, 2.24) is 0 Å². The van der Waals surface area contributed by atoms with Gasteiger partial charge in [0.15, 0.2) is 11.5 Å². The molecule has 0 radical (unpaired) electrons. The third-order valence-electron chi connectivity index (χ3n) is 3.38. The molecule has 2 N–H and O–H groups in total. The van der Waals surface area contributed by atoms with Crippen LogP contribution in [0, 0.1) is 11.3 Å². The molecule has 0 aliphatic carbocycles. The second kappa shape index (κ2) is 8.48. The molecule has 0 heterocycles. The predicted molar refractivity (Wildman–Crippen MR) is 99.9 cm³/mol. The highest BCUT2D eigenvalue weighted by molar-refractivity contribution is 6.44. The lowest BCUT2D eigenvalue weighted by Gasteiger charge is -2.10. The number of benzene rings is 2. The van der Waals surface area contributed by atoms with Gasteiger partial charge < -0.3 is 19.9 Å². The Morgan fingerprint density at radius 1 is 1.23 bits per heavy atom. The fraction of sp³-hybridized carbons (Fsp3) is 0.111. The Kier molecular flexibility index (Phi) is 6.34. The number of nitriles is 1. The standard InChI is InChI=1S/C18H14Cl2N2O4/c1-25-14-7-10(8-15(26-2)17(14)23)6-11(9-21)18(24)22-13-5-3-4-12(19)16(13)20/h3-8,23H,1-2H3,(H,22,24)/b11-6-. The topological polar surface area (TPSA) is 91.6 Å². The maximum atomic E-state index is 12.4. The van der Waals surface area contributed by atoms with Gasteiger partial charge in [-0.15, -0.1) is 0 Å². The van der Waals surface area contributed by atoms with Gasteiger partial charge in [-0.05, 0) is 35.9 Å². The molecule has 0 atom stereocenters. The van der Waals surface area contributed by atoms with Crippen LogP contribution in [0.4, 0.5) is 5.69 Å². The molecule has 0 aliphatic rings. The molecule has 8 heteroatoms. The van der Waals surface area contributed by atoms with E-state index in [0.717, 1.165) is 0 Å². The lowest BCUT2D eigenvalue weighted by Crippen LogP contribution is -2.13. The van der Waals surface area contributed by atoms with Crippen molar-refractivity contribution in [2.45, 2.75) is 0 Å². The second-order valence-corrected chi connectivity index (χ2v) is 5.78. The lowest BCUT2D eigenvalue weighted by atomic mass is 10.1. The van der Waals surface area contributed by atoms with Gasteiger partial charge in [0.05, 0.1) is 30.0 Å². The van der Waals surface area contributed by atoms with E-state index in [-0.39, 0.29) is 38.6 Å². The van der Waals surface area contributed by atoms with Gasteiger partial charge in [0.1, 0.15) is 11.6 Å². The highest BCUT2D eigenvalue weighted by Crippen LogP contribution is 2.37. The van der Waals surface area contributed by atoms with Gasteiger partial charge in [-0.3, -0.25) is 4.79 Å². The molecule has 0 unspecified atom stereocenters. The van der Waals surface area contributed by atoms with Crippen LogP contribution in [0.15, 0.2) is 35.9 Å². The predicted octanol–water partition coefficient (Wildman–Crippen LogP) is 4.26. The maximum Gasteiger partial charge on any atom is 0.266 e. The maximum absolute atomic E-state index is 12.4. The molecule has 2 aromatic carbocycles. The zero-order chi connectivity index (χ0) is 19.3. The summed E-state index contributed by atoms with van der Waals surface area (Å²) in [4.78, 5) is 12.4. The van der Waals surface area contributed by atoms with Crippen LogP contribution in [0.1, 0.15) is 5.56 Å². The first kappa shape index (κ1) is 19.4. The number of ether oxygens (including phenoxy) is 2. The normalized spacial score (nSPS) is 10.8. The van der Waals surface area contributed by atoms with Crippen molar-refractivity contribution in [2.24, 2.45) is 0 Å². The summed E-state index contributed by atoms with van der Waals surface area (Å²) >= 11 is 11.9. The largest absolute Gasteiger partial charge is 0.502 e. The number of hydrogen-bond donors (Lipinski definition) is 2. The molecule has 134 valence electrons. The Balaban J connectivity index is 2.37. The fourth-order valence-corrected chi connectivity index (χ4v) is 2.45. The monoisotopic (exact) mass is 392 g/mol. The third-order valence-corrected chi connectivity index (χ3v) is 4.20. The number of amides is 1. The van der Waals surface area contributed by atoms with Gasteiger partial charge in [-0.2, -0.15) is 5.26 Å². The van der Waals surface area contributed by atoms with E-state index in [2.05, 4.69) is 5.32 Å². The highest BCUT2D eigenvalue weighted by Gasteiger charge is 2.15. The molecule has 0 fully saturated rings. The Labute approximate surface area is 160 Å². The van der Waals surface area contributed by atoms with Crippen LogP contribution in [0.2, 0.25) is 10.0 Å². The molecule has 0 aliphatic heterocycles. The minimum Gasteiger partial charge on any atom is -0.502 e. The molecule has 0 bridgehead atoms. The molecule has 6 nitrogen and oxygen atoms in total. The summed E-state index contributed by atoms with van der Waals surface area (Å²) in [5, 5.41) is 22.2. The van der Waals surface area contributed by atoms with Crippen molar-refractivity contribution < 1.29 is 19.4 Å². The summed E-state index contributed by atoms with van der Waals surface area (Å²) in [6, 6.07) is 9.52. The van der Waals surface area contributed by atoms with Crippen molar-refractivity contribution >= 4 is 40.9 Å². The van der Waals surface area contributed by atoms with E-state index < -0.39 is 5.91 Å². The van der Waals surface area contributed by atoms with E-state index in [1.807, 2.05) is 6.07 Å². The summed E-state index contributed by atoms with van der Waals surface area (Å²) in [7, 11) is 2.75. The molecule has 0 aromatic heterocycles. The van der Waals surface area contributed by atoms with Crippen LogP contribution >= 0.6 is 23.2 Å². The van der Waals surface area contributed by atoms with E-state index >= 15 is 0 Å². The van der Waals surface area contributed by atoms with E-state index in [0.29, 0.717) is 5.56 Å². The van der Waals surface area contributed by atoms with Crippen molar-refractivity contribution in [1.29, 1.82) is 5.26 Å². The van der Waals surface area contributed by atoms with Gasteiger partial charge >= 0.3 is 0 Å².